The first-order valence-electron chi connectivity index (χ1n) is 11.2. The largest absolute Gasteiger partial charge is 0.353 e. The summed E-state index contributed by atoms with van der Waals surface area (Å²) in [5.41, 5.74) is 1.89. The monoisotopic (exact) mass is 488 g/mol. The maximum Gasteiger partial charge on any atom is 0.322 e. The Labute approximate surface area is 203 Å². The molecule has 4 rings (SSSR count). The van der Waals surface area contributed by atoms with Gasteiger partial charge in [0.2, 0.25) is 5.91 Å². The van der Waals surface area contributed by atoms with Crippen molar-refractivity contribution < 1.29 is 9.59 Å². The van der Waals surface area contributed by atoms with Crippen molar-refractivity contribution in [3.63, 3.8) is 0 Å². The molecular weight excluding hydrogens is 460 g/mol. The molecule has 1 atom stereocenters. The fourth-order valence-corrected chi connectivity index (χ4v) is 5.17. The number of aromatic nitrogens is 2. The molecule has 176 valence electrons. The summed E-state index contributed by atoms with van der Waals surface area (Å²) in [6.07, 6.45) is 2.14. The molecule has 10 heteroatoms. The lowest BCUT2D eigenvalue weighted by Crippen LogP contribution is -2.55. The quantitative estimate of drug-likeness (QED) is 0.390. The van der Waals surface area contributed by atoms with E-state index in [1.54, 1.807) is 6.07 Å². The number of anilines is 2. The van der Waals surface area contributed by atoms with Crippen molar-refractivity contribution in [1.29, 1.82) is 0 Å². The number of hydrogen-bond donors (Lipinski definition) is 1. The Hall–Kier alpha value is -2.52. The van der Waals surface area contributed by atoms with Crippen LogP contribution in [-0.4, -0.2) is 76.2 Å². The lowest BCUT2D eigenvalue weighted by molar-refractivity contribution is -0.127. The second-order valence-electron chi connectivity index (χ2n) is 8.50. The summed E-state index contributed by atoms with van der Waals surface area (Å²) in [5.74, 6) is 1.14. The molecule has 3 heterocycles. The van der Waals surface area contributed by atoms with Gasteiger partial charge in [-0.1, -0.05) is 35.5 Å². The number of amides is 3. The maximum atomic E-state index is 12.8. The van der Waals surface area contributed by atoms with Gasteiger partial charge in [-0.25, -0.2) is 14.8 Å². The van der Waals surface area contributed by atoms with Gasteiger partial charge in [0.05, 0.1) is 5.75 Å². The minimum Gasteiger partial charge on any atom is -0.353 e. The van der Waals surface area contributed by atoms with Crippen LogP contribution in [0.5, 0.6) is 0 Å². The van der Waals surface area contributed by atoms with Gasteiger partial charge in [0.15, 0.2) is 5.16 Å². The number of aryl methyl sites for hydroxylation is 1. The van der Waals surface area contributed by atoms with Crippen molar-refractivity contribution in [1.82, 2.24) is 19.8 Å². The highest BCUT2D eigenvalue weighted by Gasteiger charge is 2.29. The molecule has 33 heavy (non-hydrogen) atoms. The Morgan fingerprint density at radius 3 is 2.67 bits per heavy atom. The van der Waals surface area contributed by atoms with Crippen LogP contribution in [-0.2, 0) is 4.79 Å². The molecule has 0 bridgehead atoms. The van der Waals surface area contributed by atoms with Crippen LogP contribution in [0.15, 0.2) is 35.5 Å². The zero-order valence-corrected chi connectivity index (χ0v) is 20.5. The second-order valence-corrected chi connectivity index (χ2v) is 9.83. The fourth-order valence-electron chi connectivity index (χ4n) is 4.18. The van der Waals surface area contributed by atoms with Crippen LogP contribution in [0.1, 0.15) is 25.3 Å². The summed E-state index contributed by atoms with van der Waals surface area (Å²) in [7, 11) is 0. The number of thioether (sulfide) groups is 1. The molecule has 8 nitrogen and oxygen atoms in total. The number of urea groups is 1. The molecule has 0 saturated carbocycles. The van der Waals surface area contributed by atoms with E-state index >= 15 is 0 Å². The Kier molecular flexibility index (Phi) is 7.60. The standard InChI is InChI=1S/C23H29ClN6O2S/c1-16-6-5-7-18(12-16)25-23(32)30-11-10-29(14-17(30)2)20-13-19(24)26-22(27-20)33-15-21(31)28-8-3-4-9-28/h5-7,12-13,17H,3-4,8-11,14-15H2,1-2H3,(H,25,32). The topological polar surface area (TPSA) is 81.7 Å². The van der Waals surface area contributed by atoms with Crippen LogP contribution in [0.4, 0.5) is 16.3 Å². The Morgan fingerprint density at radius 2 is 1.94 bits per heavy atom. The van der Waals surface area contributed by atoms with Crippen LogP contribution in [0.2, 0.25) is 5.15 Å². The van der Waals surface area contributed by atoms with Crippen molar-refractivity contribution in [2.45, 2.75) is 37.9 Å². The molecule has 1 aromatic heterocycles. The number of likely N-dealkylation sites (tertiary alicyclic amines) is 1. The normalized spacial score (nSPS) is 18.5. The molecule has 2 fully saturated rings. The molecule has 1 N–H and O–H groups in total. The molecular formula is C23H29ClN6O2S. The molecule has 2 saturated heterocycles. The van der Waals surface area contributed by atoms with E-state index in [-0.39, 0.29) is 18.0 Å². The van der Waals surface area contributed by atoms with E-state index in [1.807, 2.05) is 47.9 Å². The average Bonchev–Trinajstić information content (AvgIpc) is 3.32. The summed E-state index contributed by atoms with van der Waals surface area (Å²) >= 11 is 7.59. The van der Waals surface area contributed by atoms with Gasteiger partial charge in [0, 0.05) is 50.5 Å². The van der Waals surface area contributed by atoms with E-state index in [9.17, 15) is 9.59 Å². The van der Waals surface area contributed by atoms with E-state index in [2.05, 4.69) is 20.2 Å². The third kappa shape index (κ3) is 6.09. The minimum absolute atomic E-state index is 0.00912. The predicted molar refractivity (Wildman–Crippen MR) is 132 cm³/mol. The highest BCUT2D eigenvalue weighted by molar-refractivity contribution is 7.99. The summed E-state index contributed by atoms with van der Waals surface area (Å²) < 4.78 is 0. The van der Waals surface area contributed by atoms with Gasteiger partial charge in [-0.05, 0) is 44.4 Å². The highest BCUT2D eigenvalue weighted by Crippen LogP contribution is 2.25. The maximum absolute atomic E-state index is 12.8. The minimum atomic E-state index is -0.106. The van der Waals surface area contributed by atoms with Crippen LogP contribution in [0, 0.1) is 6.92 Å². The molecule has 2 aromatic rings. The summed E-state index contributed by atoms with van der Waals surface area (Å²) in [4.78, 5) is 39.9. The summed E-state index contributed by atoms with van der Waals surface area (Å²) in [6.45, 7) is 7.52. The molecule has 1 aromatic carbocycles. The van der Waals surface area contributed by atoms with Crippen molar-refractivity contribution in [2.75, 3.05) is 48.7 Å². The van der Waals surface area contributed by atoms with Crippen LogP contribution < -0.4 is 10.2 Å². The number of halogens is 1. The van der Waals surface area contributed by atoms with Gasteiger partial charge in [0.25, 0.3) is 0 Å². The van der Waals surface area contributed by atoms with Crippen LogP contribution in [0.25, 0.3) is 0 Å². The van der Waals surface area contributed by atoms with Gasteiger partial charge in [-0.3, -0.25) is 4.79 Å². The smallest absolute Gasteiger partial charge is 0.322 e. The lowest BCUT2D eigenvalue weighted by atomic mass is 10.2. The lowest BCUT2D eigenvalue weighted by Gasteiger charge is -2.40. The number of nitrogens with one attached hydrogen (secondary N) is 1. The molecule has 0 aliphatic carbocycles. The first kappa shape index (κ1) is 23.6. The predicted octanol–water partition coefficient (Wildman–Crippen LogP) is 3.90. The van der Waals surface area contributed by atoms with Crippen LogP contribution >= 0.6 is 23.4 Å². The number of hydrogen-bond acceptors (Lipinski definition) is 6. The van der Waals surface area contributed by atoms with Crippen LogP contribution in [0.3, 0.4) is 0 Å². The van der Waals surface area contributed by atoms with Crippen molar-refractivity contribution in [2.24, 2.45) is 0 Å². The third-order valence-corrected chi connectivity index (χ3v) is 6.95. The highest BCUT2D eigenvalue weighted by atomic mass is 35.5. The van der Waals surface area contributed by atoms with Crippen molar-refractivity contribution in [3.05, 3.63) is 41.0 Å². The zero-order valence-electron chi connectivity index (χ0n) is 19.0. The van der Waals surface area contributed by atoms with Gasteiger partial charge in [0.1, 0.15) is 11.0 Å². The van der Waals surface area contributed by atoms with Gasteiger partial charge >= 0.3 is 6.03 Å². The Morgan fingerprint density at radius 1 is 1.15 bits per heavy atom. The molecule has 1 unspecified atom stereocenters. The Balaban J connectivity index is 1.36. The molecule has 3 amide bonds. The van der Waals surface area contributed by atoms with Crippen molar-refractivity contribution in [3.8, 4) is 0 Å². The molecule has 2 aliphatic heterocycles. The number of piperazine rings is 1. The fraction of sp³-hybridized carbons (Fsp3) is 0.478. The number of nitrogens with zero attached hydrogens (tertiary/aromatic N) is 5. The molecule has 2 aliphatic rings. The number of carbonyl (C=O) groups is 2. The van der Waals surface area contributed by atoms with Crippen molar-refractivity contribution >= 4 is 46.8 Å². The first-order chi connectivity index (χ1) is 15.9. The Bertz CT molecular complexity index is 1020. The number of carbonyl (C=O) groups excluding carboxylic acids is 2. The zero-order chi connectivity index (χ0) is 23.4. The summed E-state index contributed by atoms with van der Waals surface area (Å²) in [6, 6.07) is 9.40. The third-order valence-electron chi connectivity index (χ3n) is 5.93. The molecule has 0 spiro atoms. The number of rotatable bonds is 5. The van der Waals surface area contributed by atoms with E-state index in [4.69, 9.17) is 11.6 Å². The SMILES string of the molecule is Cc1cccc(NC(=O)N2CCN(c3cc(Cl)nc(SCC(=O)N4CCCC4)n3)CC2C)c1. The van der Waals surface area contributed by atoms with Gasteiger partial charge in [-0.15, -0.1) is 0 Å². The second kappa shape index (κ2) is 10.6. The van der Waals surface area contributed by atoms with Gasteiger partial charge < -0.3 is 20.0 Å². The van der Waals surface area contributed by atoms with E-state index in [0.717, 1.165) is 43.0 Å². The van der Waals surface area contributed by atoms with Gasteiger partial charge in [-0.2, -0.15) is 0 Å². The van der Waals surface area contributed by atoms with E-state index in [0.29, 0.717) is 35.7 Å². The first-order valence-corrected chi connectivity index (χ1v) is 12.6. The molecule has 0 radical (unpaired) electrons. The van der Waals surface area contributed by atoms with E-state index in [1.165, 1.54) is 11.8 Å². The number of benzene rings is 1. The summed E-state index contributed by atoms with van der Waals surface area (Å²) in [5, 5.41) is 3.84. The average molecular weight is 489 g/mol. The van der Waals surface area contributed by atoms with E-state index < -0.39 is 0 Å².